The van der Waals surface area contributed by atoms with Crippen molar-refractivity contribution in [1.29, 1.82) is 0 Å². The molecule has 4 nitrogen and oxygen atoms in total. The minimum absolute atomic E-state index is 0.0447. The van der Waals surface area contributed by atoms with E-state index in [1.54, 1.807) is 7.11 Å². The van der Waals surface area contributed by atoms with Gasteiger partial charge in [-0.1, -0.05) is 24.3 Å². The van der Waals surface area contributed by atoms with Crippen LogP contribution in [0.5, 0.6) is 5.75 Å². The molecule has 1 amide bonds. The van der Waals surface area contributed by atoms with E-state index in [0.717, 1.165) is 39.9 Å². The smallest absolute Gasteiger partial charge is 0.255 e. The number of ether oxygens (including phenoxy) is 2. The van der Waals surface area contributed by atoms with Crippen molar-refractivity contribution in [2.75, 3.05) is 20.3 Å². The Labute approximate surface area is 162 Å². The van der Waals surface area contributed by atoms with Gasteiger partial charge in [-0.3, -0.25) is 4.79 Å². The van der Waals surface area contributed by atoms with Gasteiger partial charge in [-0.05, 0) is 65.3 Å². The molecule has 0 spiro atoms. The maximum Gasteiger partial charge on any atom is 0.255 e. The van der Waals surface area contributed by atoms with Crippen LogP contribution in [-0.4, -0.2) is 37.2 Å². The average Bonchev–Trinajstić information content (AvgIpc) is 3.14. The summed E-state index contributed by atoms with van der Waals surface area (Å²) < 4.78 is 12.0. The van der Waals surface area contributed by atoms with Crippen LogP contribution >= 0.6 is 22.6 Å². The molecule has 2 aromatic rings. The minimum atomic E-state index is 0.0447. The number of rotatable bonds is 6. The van der Waals surface area contributed by atoms with Crippen LogP contribution in [0, 0.1) is 3.57 Å². The number of hydrogen-bond acceptors (Lipinski definition) is 3. The standard InChI is InChI=1S/C20H22INO3/c1-24-16-7-4-6-15(12-16)13-22(14-17-8-5-11-25-17)20(23)18-9-2-3-10-19(18)21/h2-4,6-7,9-10,12,17H,5,8,11,13-14H2,1H3. The predicted molar refractivity (Wildman–Crippen MR) is 106 cm³/mol. The van der Waals surface area contributed by atoms with E-state index in [-0.39, 0.29) is 12.0 Å². The second-order valence-corrected chi connectivity index (χ2v) is 7.31. The first-order chi connectivity index (χ1) is 12.2. The van der Waals surface area contributed by atoms with E-state index in [2.05, 4.69) is 22.6 Å². The van der Waals surface area contributed by atoms with Crippen molar-refractivity contribution >= 4 is 28.5 Å². The molecular formula is C20H22INO3. The maximum atomic E-state index is 13.1. The molecule has 1 saturated heterocycles. The molecule has 1 unspecified atom stereocenters. The second-order valence-electron chi connectivity index (χ2n) is 6.15. The highest BCUT2D eigenvalue weighted by Crippen LogP contribution is 2.21. The zero-order chi connectivity index (χ0) is 17.6. The van der Waals surface area contributed by atoms with Gasteiger partial charge in [0.15, 0.2) is 0 Å². The normalized spacial score (nSPS) is 16.6. The highest BCUT2D eigenvalue weighted by atomic mass is 127. The topological polar surface area (TPSA) is 38.8 Å². The van der Waals surface area contributed by atoms with Crippen LogP contribution in [0.25, 0.3) is 0 Å². The summed E-state index contributed by atoms with van der Waals surface area (Å²) in [5, 5.41) is 0. The van der Waals surface area contributed by atoms with Crippen LogP contribution in [0.15, 0.2) is 48.5 Å². The van der Waals surface area contributed by atoms with Crippen LogP contribution in [0.3, 0.4) is 0 Å². The van der Waals surface area contributed by atoms with E-state index in [4.69, 9.17) is 9.47 Å². The first-order valence-electron chi connectivity index (χ1n) is 8.45. The zero-order valence-electron chi connectivity index (χ0n) is 14.3. The number of carbonyl (C=O) groups excluding carboxylic acids is 1. The average molecular weight is 451 g/mol. The molecular weight excluding hydrogens is 429 g/mol. The van der Waals surface area contributed by atoms with E-state index in [1.165, 1.54) is 0 Å². The van der Waals surface area contributed by atoms with Gasteiger partial charge < -0.3 is 14.4 Å². The molecule has 0 saturated carbocycles. The van der Waals surface area contributed by atoms with Crippen molar-refractivity contribution < 1.29 is 14.3 Å². The van der Waals surface area contributed by atoms with Crippen molar-refractivity contribution in [3.05, 3.63) is 63.2 Å². The van der Waals surface area contributed by atoms with E-state index in [1.807, 2.05) is 53.4 Å². The van der Waals surface area contributed by atoms with Gasteiger partial charge in [-0.25, -0.2) is 0 Å². The summed E-state index contributed by atoms with van der Waals surface area (Å²) in [5.41, 5.74) is 1.79. The molecule has 25 heavy (non-hydrogen) atoms. The summed E-state index contributed by atoms with van der Waals surface area (Å²) in [6.07, 6.45) is 2.19. The van der Waals surface area contributed by atoms with Crippen LogP contribution in [0.2, 0.25) is 0 Å². The molecule has 0 N–H and O–H groups in total. The lowest BCUT2D eigenvalue weighted by atomic mass is 10.1. The number of nitrogens with zero attached hydrogens (tertiary/aromatic N) is 1. The van der Waals surface area contributed by atoms with Crippen molar-refractivity contribution in [3.8, 4) is 5.75 Å². The van der Waals surface area contributed by atoms with Gasteiger partial charge in [0.05, 0.1) is 18.8 Å². The summed E-state index contributed by atoms with van der Waals surface area (Å²) in [4.78, 5) is 15.0. The fourth-order valence-electron chi connectivity index (χ4n) is 3.05. The van der Waals surface area contributed by atoms with Gasteiger partial charge >= 0.3 is 0 Å². The molecule has 3 rings (SSSR count). The van der Waals surface area contributed by atoms with E-state index >= 15 is 0 Å². The predicted octanol–water partition coefficient (Wildman–Crippen LogP) is 4.12. The van der Waals surface area contributed by atoms with Crippen molar-refractivity contribution in [2.45, 2.75) is 25.5 Å². The Kier molecular flexibility index (Phi) is 6.31. The second kappa shape index (κ2) is 8.67. The third kappa shape index (κ3) is 4.73. The van der Waals surface area contributed by atoms with E-state index in [0.29, 0.717) is 13.1 Å². The fraction of sp³-hybridized carbons (Fsp3) is 0.350. The third-order valence-corrected chi connectivity index (χ3v) is 5.29. The molecule has 2 aromatic carbocycles. The number of carbonyl (C=O) groups is 1. The molecule has 5 heteroatoms. The zero-order valence-corrected chi connectivity index (χ0v) is 16.4. The van der Waals surface area contributed by atoms with Gasteiger partial charge in [0, 0.05) is 23.3 Å². The number of amides is 1. The summed E-state index contributed by atoms with van der Waals surface area (Å²) in [6.45, 7) is 1.94. The summed E-state index contributed by atoms with van der Waals surface area (Å²) in [5.74, 6) is 0.847. The third-order valence-electron chi connectivity index (χ3n) is 4.35. The summed E-state index contributed by atoms with van der Waals surface area (Å²) in [6, 6.07) is 15.6. The largest absolute Gasteiger partial charge is 0.497 e. The Morgan fingerprint density at radius 3 is 2.84 bits per heavy atom. The lowest BCUT2D eigenvalue weighted by molar-refractivity contribution is 0.0506. The molecule has 1 fully saturated rings. The number of methoxy groups -OCH3 is 1. The number of halogens is 1. The van der Waals surface area contributed by atoms with Crippen molar-refractivity contribution in [1.82, 2.24) is 4.90 Å². The van der Waals surface area contributed by atoms with Gasteiger partial charge in [-0.15, -0.1) is 0 Å². The highest BCUT2D eigenvalue weighted by molar-refractivity contribution is 14.1. The maximum absolute atomic E-state index is 13.1. The van der Waals surface area contributed by atoms with Crippen LogP contribution < -0.4 is 4.74 Å². The number of hydrogen-bond donors (Lipinski definition) is 0. The quantitative estimate of drug-likeness (QED) is 0.621. The van der Waals surface area contributed by atoms with E-state index < -0.39 is 0 Å². The monoisotopic (exact) mass is 451 g/mol. The molecule has 1 heterocycles. The minimum Gasteiger partial charge on any atom is -0.497 e. The molecule has 0 aliphatic carbocycles. The molecule has 0 aromatic heterocycles. The Bertz CT molecular complexity index is 728. The molecule has 1 aliphatic rings. The summed E-state index contributed by atoms with van der Waals surface area (Å²) >= 11 is 2.22. The molecule has 0 bridgehead atoms. The van der Waals surface area contributed by atoms with Gasteiger partial charge in [0.1, 0.15) is 5.75 Å². The first-order valence-corrected chi connectivity index (χ1v) is 9.53. The van der Waals surface area contributed by atoms with Crippen molar-refractivity contribution in [3.63, 3.8) is 0 Å². The highest BCUT2D eigenvalue weighted by Gasteiger charge is 2.24. The van der Waals surface area contributed by atoms with Crippen LogP contribution in [0.1, 0.15) is 28.8 Å². The fourth-order valence-corrected chi connectivity index (χ4v) is 3.67. The first kappa shape index (κ1) is 18.2. The Balaban J connectivity index is 1.83. The Morgan fingerprint density at radius 1 is 1.28 bits per heavy atom. The molecule has 132 valence electrons. The SMILES string of the molecule is COc1cccc(CN(CC2CCCO2)C(=O)c2ccccc2I)c1. The van der Waals surface area contributed by atoms with E-state index in [9.17, 15) is 4.79 Å². The number of benzene rings is 2. The van der Waals surface area contributed by atoms with Crippen LogP contribution in [-0.2, 0) is 11.3 Å². The van der Waals surface area contributed by atoms with Crippen molar-refractivity contribution in [2.24, 2.45) is 0 Å². The lowest BCUT2D eigenvalue weighted by Gasteiger charge is -2.26. The van der Waals surface area contributed by atoms with Gasteiger partial charge in [0.2, 0.25) is 0 Å². The Morgan fingerprint density at radius 2 is 2.12 bits per heavy atom. The van der Waals surface area contributed by atoms with Gasteiger partial charge in [-0.2, -0.15) is 0 Å². The molecule has 0 radical (unpaired) electrons. The summed E-state index contributed by atoms with van der Waals surface area (Å²) in [7, 11) is 1.65. The Hall–Kier alpha value is -1.60. The van der Waals surface area contributed by atoms with Crippen LogP contribution in [0.4, 0.5) is 0 Å². The molecule has 1 atom stereocenters. The van der Waals surface area contributed by atoms with Gasteiger partial charge in [0.25, 0.3) is 5.91 Å². The lowest BCUT2D eigenvalue weighted by Crippen LogP contribution is -2.37. The molecule has 1 aliphatic heterocycles.